The minimum absolute atomic E-state index is 0.321. The molecule has 1 aromatic carbocycles. The highest BCUT2D eigenvalue weighted by Gasteiger charge is 2.22. The lowest BCUT2D eigenvalue weighted by molar-refractivity contribution is 0.192. The first-order valence-electron chi connectivity index (χ1n) is 4.86. The Labute approximate surface area is 84.0 Å². The van der Waals surface area contributed by atoms with Crippen molar-refractivity contribution in [3.8, 4) is 5.75 Å². The molecule has 76 valence electrons. The maximum atomic E-state index is 5.54. The molecule has 14 heavy (non-hydrogen) atoms. The van der Waals surface area contributed by atoms with Crippen LogP contribution in [0.15, 0.2) is 24.3 Å². The fourth-order valence-corrected chi connectivity index (χ4v) is 1.67. The van der Waals surface area contributed by atoms with Crippen molar-refractivity contribution >= 4 is 0 Å². The van der Waals surface area contributed by atoms with Crippen molar-refractivity contribution in [2.24, 2.45) is 0 Å². The largest absolute Gasteiger partial charge is 0.491 e. The van der Waals surface area contributed by atoms with Crippen LogP contribution in [0.2, 0.25) is 0 Å². The van der Waals surface area contributed by atoms with Gasteiger partial charge in [0, 0.05) is 19.2 Å². The summed E-state index contributed by atoms with van der Waals surface area (Å²) in [6, 6.07) is 8.47. The van der Waals surface area contributed by atoms with Gasteiger partial charge >= 0.3 is 0 Å². The summed E-state index contributed by atoms with van der Waals surface area (Å²) in [5.41, 5.74) is 1.25. The van der Waals surface area contributed by atoms with Crippen molar-refractivity contribution in [3.63, 3.8) is 0 Å². The quantitative estimate of drug-likeness (QED) is 0.732. The van der Waals surface area contributed by atoms with Crippen LogP contribution in [0.5, 0.6) is 5.75 Å². The van der Waals surface area contributed by atoms with Crippen LogP contribution in [0.25, 0.3) is 0 Å². The first kappa shape index (κ1) is 9.49. The molecule has 1 atom stereocenters. The zero-order valence-corrected chi connectivity index (χ0v) is 8.32. The topological polar surface area (TPSA) is 30.5 Å². The van der Waals surface area contributed by atoms with Crippen molar-refractivity contribution in [1.29, 1.82) is 0 Å². The van der Waals surface area contributed by atoms with Crippen LogP contribution in [0.1, 0.15) is 11.6 Å². The summed E-state index contributed by atoms with van der Waals surface area (Å²) in [6.45, 7) is 2.32. The highest BCUT2D eigenvalue weighted by Crippen LogP contribution is 2.31. The molecule has 3 heteroatoms. The lowest BCUT2D eigenvalue weighted by Crippen LogP contribution is -2.25. The Hall–Kier alpha value is -1.06. The summed E-state index contributed by atoms with van der Waals surface area (Å²) in [5, 5.41) is 3.39. The highest BCUT2D eigenvalue weighted by atomic mass is 16.5. The molecule has 0 aliphatic carbocycles. The maximum absolute atomic E-state index is 5.54. The van der Waals surface area contributed by atoms with Gasteiger partial charge in [0.2, 0.25) is 0 Å². The van der Waals surface area contributed by atoms with Gasteiger partial charge in [0.15, 0.2) is 0 Å². The van der Waals surface area contributed by atoms with Gasteiger partial charge in [0.1, 0.15) is 12.4 Å². The molecule has 1 aromatic rings. The van der Waals surface area contributed by atoms with E-state index in [0.717, 1.165) is 25.5 Å². The minimum atomic E-state index is 0.321. The van der Waals surface area contributed by atoms with E-state index in [-0.39, 0.29) is 0 Å². The number of para-hydroxylation sites is 1. The fraction of sp³-hybridized carbons (Fsp3) is 0.455. The third kappa shape index (κ3) is 1.89. The van der Waals surface area contributed by atoms with Gasteiger partial charge in [0.05, 0.1) is 12.6 Å². The van der Waals surface area contributed by atoms with Crippen LogP contribution >= 0.6 is 0 Å². The molecule has 0 saturated carbocycles. The summed E-state index contributed by atoms with van der Waals surface area (Å²) in [6.07, 6.45) is 0. The second-order valence-corrected chi connectivity index (χ2v) is 3.35. The van der Waals surface area contributed by atoms with E-state index in [1.54, 1.807) is 7.11 Å². The van der Waals surface area contributed by atoms with Crippen molar-refractivity contribution < 1.29 is 9.47 Å². The van der Waals surface area contributed by atoms with Gasteiger partial charge in [0.25, 0.3) is 0 Å². The second-order valence-electron chi connectivity index (χ2n) is 3.35. The Balaban J connectivity index is 1.96. The molecule has 1 aliphatic heterocycles. The SMILES string of the molecule is COCCNC1COc2ccccc21. The van der Waals surface area contributed by atoms with Crippen LogP contribution in [0.4, 0.5) is 0 Å². The molecule has 0 bridgehead atoms. The van der Waals surface area contributed by atoms with Crippen LogP contribution < -0.4 is 10.1 Å². The van der Waals surface area contributed by atoms with E-state index < -0.39 is 0 Å². The number of fused-ring (bicyclic) bond motifs is 1. The molecule has 3 nitrogen and oxygen atoms in total. The van der Waals surface area contributed by atoms with E-state index in [9.17, 15) is 0 Å². The van der Waals surface area contributed by atoms with Gasteiger partial charge in [-0.3, -0.25) is 0 Å². The average Bonchev–Trinajstić information content (AvgIpc) is 2.63. The van der Waals surface area contributed by atoms with Crippen LogP contribution in [-0.2, 0) is 4.74 Å². The van der Waals surface area contributed by atoms with E-state index >= 15 is 0 Å². The number of nitrogens with one attached hydrogen (secondary N) is 1. The second kappa shape index (κ2) is 4.44. The predicted octanol–water partition coefficient (Wildman–Crippen LogP) is 1.36. The summed E-state index contributed by atoms with van der Waals surface area (Å²) >= 11 is 0. The highest BCUT2D eigenvalue weighted by molar-refractivity contribution is 5.39. The molecule has 1 heterocycles. The first-order valence-corrected chi connectivity index (χ1v) is 4.86. The molecule has 0 radical (unpaired) electrons. The molecular weight excluding hydrogens is 178 g/mol. The van der Waals surface area contributed by atoms with Gasteiger partial charge in [-0.05, 0) is 6.07 Å². The number of rotatable bonds is 4. The molecule has 2 rings (SSSR count). The summed E-state index contributed by atoms with van der Waals surface area (Å²) in [4.78, 5) is 0. The standard InChI is InChI=1S/C11H15NO2/c1-13-7-6-12-10-8-14-11-5-3-2-4-9(10)11/h2-5,10,12H,6-8H2,1H3. The molecule has 0 fully saturated rings. The van der Waals surface area contributed by atoms with Crippen LogP contribution in [0.3, 0.4) is 0 Å². The van der Waals surface area contributed by atoms with Gasteiger partial charge in [-0.15, -0.1) is 0 Å². The van der Waals surface area contributed by atoms with Gasteiger partial charge in [-0.1, -0.05) is 18.2 Å². The molecular formula is C11H15NO2. The minimum Gasteiger partial charge on any atom is -0.491 e. The summed E-state index contributed by atoms with van der Waals surface area (Å²) in [5.74, 6) is 1.00. The van der Waals surface area contributed by atoms with E-state index in [4.69, 9.17) is 9.47 Å². The molecule has 0 saturated heterocycles. The van der Waals surface area contributed by atoms with Gasteiger partial charge in [-0.25, -0.2) is 0 Å². The average molecular weight is 193 g/mol. The summed E-state index contributed by atoms with van der Waals surface area (Å²) < 4.78 is 10.5. The van der Waals surface area contributed by atoms with Crippen LogP contribution in [0, 0.1) is 0 Å². The van der Waals surface area contributed by atoms with E-state index in [0.29, 0.717) is 6.04 Å². The molecule has 1 N–H and O–H groups in total. The van der Waals surface area contributed by atoms with E-state index in [1.165, 1.54) is 5.56 Å². The summed E-state index contributed by atoms with van der Waals surface area (Å²) in [7, 11) is 1.71. The Kier molecular flexibility index (Phi) is 3.01. The predicted molar refractivity (Wildman–Crippen MR) is 54.6 cm³/mol. The lowest BCUT2D eigenvalue weighted by atomic mass is 10.1. The number of hydrogen-bond acceptors (Lipinski definition) is 3. The lowest BCUT2D eigenvalue weighted by Gasteiger charge is -2.10. The normalized spacial score (nSPS) is 19.1. The zero-order chi connectivity index (χ0) is 9.80. The Morgan fingerprint density at radius 1 is 1.50 bits per heavy atom. The van der Waals surface area contributed by atoms with E-state index in [1.807, 2.05) is 18.2 Å². The van der Waals surface area contributed by atoms with E-state index in [2.05, 4.69) is 11.4 Å². The molecule has 0 aromatic heterocycles. The third-order valence-corrected chi connectivity index (χ3v) is 2.40. The Bertz CT molecular complexity index is 301. The molecule has 1 unspecified atom stereocenters. The number of methoxy groups -OCH3 is 1. The number of benzene rings is 1. The fourth-order valence-electron chi connectivity index (χ4n) is 1.67. The molecule has 0 spiro atoms. The van der Waals surface area contributed by atoms with Crippen molar-refractivity contribution in [3.05, 3.63) is 29.8 Å². The molecule has 0 amide bonds. The Morgan fingerprint density at radius 3 is 3.21 bits per heavy atom. The third-order valence-electron chi connectivity index (χ3n) is 2.40. The molecule has 1 aliphatic rings. The van der Waals surface area contributed by atoms with Crippen LogP contribution in [-0.4, -0.2) is 26.9 Å². The number of ether oxygens (including phenoxy) is 2. The van der Waals surface area contributed by atoms with Gasteiger partial charge < -0.3 is 14.8 Å². The van der Waals surface area contributed by atoms with Crippen molar-refractivity contribution in [1.82, 2.24) is 5.32 Å². The first-order chi connectivity index (χ1) is 6.92. The smallest absolute Gasteiger partial charge is 0.124 e. The monoisotopic (exact) mass is 193 g/mol. The zero-order valence-electron chi connectivity index (χ0n) is 8.32. The number of hydrogen-bond donors (Lipinski definition) is 1. The maximum Gasteiger partial charge on any atom is 0.124 e. The Morgan fingerprint density at radius 2 is 2.36 bits per heavy atom. The van der Waals surface area contributed by atoms with Crippen molar-refractivity contribution in [2.75, 3.05) is 26.9 Å². The van der Waals surface area contributed by atoms with Crippen molar-refractivity contribution in [2.45, 2.75) is 6.04 Å². The van der Waals surface area contributed by atoms with Gasteiger partial charge in [-0.2, -0.15) is 0 Å².